The SMILES string of the molecule is CCCCCCC/C=C/CC/C=C/C(O)C(CO)NC(=O)CCCCCCCCCCC. The smallest absolute Gasteiger partial charge is 0.220 e. The summed E-state index contributed by atoms with van der Waals surface area (Å²) in [6.45, 7) is 4.21. The number of amides is 1. The molecule has 0 spiro atoms. The summed E-state index contributed by atoms with van der Waals surface area (Å²) in [5, 5.41) is 22.6. The van der Waals surface area contributed by atoms with Crippen molar-refractivity contribution in [2.75, 3.05) is 6.61 Å². The van der Waals surface area contributed by atoms with E-state index in [0.29, 0.717) is 6.42 Å². The zero-order valence-electron chi connectivity index (χ0n) is 21.2. The number of rotatable bonds is 23. The maximum Gasteiger partial charge on any atom is 0.220 e. The van der Waals surface area contributed by atoms with Gasteiger partial charge in [0.15, 0.2) is 0 Å². The van der Waals surface area contributed by atoms with Gasteiger partial charge in [-0.1, -0.05) is 115 Å². The standard InChI is InChI=1S/C28H53NO3/c1-3-5-7-9-11-13-14-16-17-19-21-23-27(31)26(25-30)29-28(32)24-22-20-18-15-12-10-8-6-4-2/h14,16,21,23,26-27,30-31H,3-13,15,17-20,22,24-25H2,1-2H3,(H,29,32)/b16-14+,23-21+. The molecule has 0 radical (unpaired) electrons. The van der Waals surface area contributed by atoms with Crippen LogP contribution in [0.25, 0.3) is 0 Å². The molecule has 0 saturated carbocycles. The summed E-state index contributed by atoms with van der Waals surface area (Å²) in [4.78, 5) is 12.1. The molecule has 32 heavy (non-hydrogen) atoms. The fourth-order valence-electron chi connectivity index (χ4n) is 3.78. The predicted octanol–water partition coefficient (Wildman–Crippen LogP) is 7.00. The summed E-state index contributed by atoms with van der Waals surface area (Å²) in [6.07, 6.45) is 28.2. The second-order valence-corrected chi connectivity index (χ2v) is 9.11. The van der Waals surface area contributed by atoms with Crippen molar-refractivity contribution in [3.05, 3.63) is 24.3 Å². The summed E-state index contributed by atoms with van der Waals surface area (Å²) in [6, 6.07) is -0.629. The molecule has 4 nitrogen and oxygen atoms in total. The Hall–Kier alpha value is -1.13. The molecular formula is C28H53NO3. The molecule has 4 heteroatoms. The van der Waals surface area contributed by atoms with Gasteiger partial charge in [0.2, 0.25) is 5.91 Å². The third kappa shape index (κ3) is 20.8. The fourth-order valence-corrected chi connectivity index (χ4v) is 3.78. The maximum absolute atomic E-state index is 12.1. The summed E-state index contributed by atoms with van der Waals surface area (Å²) >= 11 is 0. The highest BCUT2D eigenvalue weighted by atomic mass is 16.3. The van der Waals surface area contributed by atoms with E-state index in [1.807, 2.05) is 6.08 Å². The van der Waals surface area contributed by atoms with Crippen molar-refractivity contribution in [3.63, 3.8) is 0 Å². The fraction of sp³-hybridized carbons (Fsp3) is 0.821. The van der Waals surface area contributed by atoms with E-state index in [-0.39, 0.29) is 12.5 Å². The molecule has 2 unspecified atom stereocenters. The van der Waals surface area contributed by atoms with Gasteiger partial charge >= 0.3 is 0 Å². The Bertz CT molecular complexity index is 462. The van der Waals surface area contributed by atoms with Gasteiger partial charge in [-0.3, -0.25) is 4.79 Å². The van der Waals surface area contributed by atoms with Crippen LogP contribution in [-0.2, 0) is 4.79 Å². The number of unbranched alkanes of at least 4 members (excludes halogenated alkanes) is 14. The van der Waals surface area contributed by atoms with Crippen LogP contribution in [0, 0.1) is 0 Å². The van der Waals surface area contributed by atoms with Crippen LogP contribution >= 0.6 is 0 Å². The van der Waals surface area contributed by atoms with Gasteiger partial charge in [-0.2, -0.15) is 0 Å². The molecule has 0 heterocycles. The summed E-state index contributed by atoms with van der Waals surface area (Å²) < 4.78 is 0. The molecular weight excluding hydrogens is 398 g/mol. The van der Waals surface area contributed by atoms with Crippen LogP contribution in [-0.4, -0.2) is 34.9 Å². The molecule has 0 bridgehead atoms. The molecule has 1 amide bonds. The van der Waals surface area contributed by atoms with Gasteiger partial charge in [0.1, 0.15) is 0 Å². The summed E-state index contributed by atoms with van der Waals surface area (Å²) in [7, 11) is 0. The molecule has 2 atom stereocenters. The van der Waals surface area contributed by atoms with Crippen molar-refractivity contribution in [2.45, 2.75) is 142 Å². The Labute approximate surface area is 199 Å². The summed E-state index contributed by atoms with van der Waals surface area (Å²) in [5.74, 6) is -0.0821. The largest absolute Gasteiger partial charge is 0.394 e. The van der Waals surface area contributed by atoms with Crippen LogP contribution in [0.4, 0.5) is 0 Å². The molecule has 0 aromatic carbocycles. The molecule has 0 aromatic heterocycles. The zero-order chi connectivity index (χ0) is 23.7. The minimum atomic E-state index is -0.852. The van der Waals surface area contributed by atoms with E-state index in [4.69, 9.17) is 0 Å². The van der Waals surface area contributed by atoms with Gasteiger partial charge in [0.25, 0.3) is 0 Å². The molecule has 3 N–H and O–H groups in total. The Morgan fingerprint density at radius 3 is 1.81 bits per heavy atom. The normalized spacial score (nSPS) is 13.8. The number of carbonyl (C=O) groups excluding carboxylic acids is 1. The van der Waals surface area contributed by atoms with Crippen molar-refractivity contribution in [1.29, 1.82) is 0 Å². The molecule has 0 aliphatic heterocycles. The highest BCUT2D eigenvalue weighted by Gasteiger charge is 2.17. The van der Waals surface area contributed by atoms with Crippen LogP contribution in [0.3, 0.4) is 0 Å². The van der Waals surface area contributed by atoms with Crippen molar-refractivity contribution in [3.8, 4) is 0 Å². The first-order chi connectivity index (χ1) is 15.7. The molecule has 0 aliphatic carbocycles. The number of hydrogen-bond acceptors (Lipinski definition) is 3. The number of nitrogens with one attached hydrogen (secondary N) is 1. The minimum Gasteiger partial charge on any atom is -0.394 e. The van der Waals surface area contributed by atoms with Gasteiger partial charge in [0, 0.05) is 6.42 Å². The molecule has 0 fully saturated rings. The molecule has 0 aliphatic rings. The monoisotopic (exact) mass is 451 g/mol. The Balaban J connectivity index is 3.80. The van der Waals surface area contributed by atoms with E-state index in [9.17, 15) is 15.0 Å². The number of aliphatic hydroxyl groups excluding tert-OH is 2. The van der Waals surface area contributed by atoms with E-state index >= 15 is 0 Å². The van der Waals surface area contributed by atoms with Crippen molar-refractivity contribution in [2.24, 2.45) is 0 Å². The lowest BCUT2D eigenvalue weighted by Gasteiger charge is -2.19. The third-order valence-electron chi connectivity index (χ3n) is 5.94. The van der Waals surface area contributed by atoms with Crippen LogP contribution in [0.1, 0.15) is 129 Å². The van der Waals surface area contributed by atoms with Crippen molar-refractivity contribution in [1.82, 2.24) is 5.32 Å². The number of allylic oxidation sites excluding steroid dienone is 3. The van der Waals surface area contributed by atoms with Gasteiger partial charge in [-0.25, -0.2) is 0 Å². The van der Waals surface area contributed by atoms with Gasteiger partial charge in [-0.15, -0.1) is 0 Å². The predicted molar refractivity (Wildman–Crippen MR) is 138 cm³/mol. The van der Waals surface area contributed by atoms with Crippen LogP contribution < -0.4 is 5.32 Å². The first kappa shape index (κ1) is 30.9. The average molecular weight is 452 g/mol. The molecule has 0 saturated heterocycles. The van der Waals surface area contributed by atoms with Crippen molar-refractivity contribution >= 4 is 5.91 Å². The second kappa shape index (κ2) is 24.5. The highest BCUT2D eigenvalue weighted by molar-refractivity contribution is 5.76. The van der Waals surface area contributed by atoms with Gasteiger partial charge < -0.3 is 15.5 Å². The second-order valence-electron chi connectivity index (χ2n) is 9.11. The van der Waals surface area contributed by atoms with Gasteiger partial charge in [-0.05, 0) is 32.1 Å². The van der Waals surface area contributed by atoms with E-state index in [1.165, 1.54) is 77.0 Å². The first-order valence-corrected chi connectivity index (χ1v) is 13.6. The van der Waals surface area contributed by atoms with E-state index < -0.39 is 12.1 Å². The van der Waals surface area contributed by atoms with Crippen molar-refractivity contribution < 1.29 is 15.0 Å². The van der Waals surface area contributed by atoms with E-state index in [2.05, 4.69) is 31.3 Å². The number of carbonyl (C=O) groups is 1. The average Bonchev–Trinajstić information content (AvgIpc) is 2.79. The van der Waals surface area contributed by atoms with Crippen LogP contribution in [0.15, 0.2) is 24.3 Å². The topological polar surface area (TPSA) is 69.6 Å². The lowest BCUT2D eigenvalue weighted by Crippen LogP contribution is -2.45. The lowest BCUT2D eigenvalue weighted by atomic mass is 10.1. The third-order valence-corrected chi connectivity index (χ3v) is 5.94. The highest BCUT2D eigenvalue weighted by Crippen LogP contribution is 2.11. The number of aliphatic hydroxyl groups is 2. The lowest BCUT2D eigenvalue weighted by molar-refractivity contribution is -0.123. The first-order valence-electron chi connectivity index (χ1n) is 13.6. The van der Waals surface area contributed by atoms with Crippen LogP contribution in [0.5, 0.6) is 0 Å². The molecule has 188 valence electrons. The minimum absolute atomic E-state index is 0.0821. The Morgan fingerprint density at radius 1 is 0.719 bits per heavy atom. The Morgan fingerprint density at radius 2 is 1.22 bits per heavy atom. The maximum atomic E-state index is 12.1. The summed E-state index contributed by atoms with van der Waals surface area (Å²) in [5.41, 5.74) is 0. The van der Waals surface area contributed by atoms with E-state index in [1.54, 1.807) is 6.08 Å². The van der Waals surface area contributed by atoms with Gasteiger partial charge in [0.05, 0.1) is 18.8 Å². The Kier molecular flexibility index (Phi) is 23.6. The molecule has 0 aromatic rings. The van der Waals surface area contributed by atoms with E-state index in [0.717, 1.165) is 32.1 Å². The van der Waals surface area contributed by atoms with Crippen LogP contribution in [0.2, 0.25) is 0 Å². The quantitative estimate of drug-likeness (QED) is 0.116. The molecule has 0 rings (SSSR count). The zero-order valence-corrected chi connectivity index (χ0v) is 21.2. The number of hydrogen-bond donors (Lipinski definition) is 3.